The van der Waals surface area contributed by atoms with Crippen LogP contribution in [0.4, 0.5) is 5.00 Å². The number of nitrogens with one attached hydrogen (secondary N) is 2. The van der Waals surface area contributed by atoms with Gasteiger partial charge in [0.2, 0.25) is 5.91 Å². The Kier molecular flexibility index (Phi) is 7.56. The second-order valence-corrected chi connectivity index (χ2v) is 7.34. The van der Waals surface area contributed by atoms with Crippen LogP contribution in [0.2, 0.25) is 5.02 Å². The van der Waals surface area contributed by atoms with Crippen LogP contribution in [-0.4, -0.2) is 38.6 Å². The fourth-order valence-corrected chi connectivity index (χ4v) is 4.02. The predicted molar refractivity (Wildman–Crippen MR) is 108 cm³/mol. The normalized spacial score (nSPS) is 11.6. The summed E-state index contributed by atoms with van der Waals surface area (Å²) >= 11 is 7.13. The summed E-state index contributed by atoms with van der Waals surface area (Å²) in [5.74, 6) is -1.60. The van der Waals surface area contributed by atoms with E-state index in [2.05, 4.69) is 10.6 Å². The minimum atomic E-state index is -0.642. The predicted octanol–water partition coefficient (Wildman–Crippen LogP) is 3.57. The SMILES string of the molecule is COC(=O)c1sc(NC(=O)CNC(C)c2ccccc2Cl)c(C(=O)OC)c1C. The molecule has 1 atom stereocenters. The van der Waals surface area contributed by atoms with E-state index in [1.165, 1.54) is 14.2 Å². The van der Waals surface area contributed by atoms with Gasteiger partial charge in [-0.3, -0.25) is 4.79 Å². The zero-order valence-electron chi connectivity index (χ0n) is 15.9. The number of hydrogen-bond donors (Lipinski definition) is 2. The molecule has 0 spiro atoms. The summed E-state index contributed by atoms with van der Waals surface area (Å²) in [6, 6.07) is 7.19. The molecule has 7 nitrogen and oxygen atoms in total. The third-order valence-electron chi connectivity index (χ3n) is 4.10. The van der Waals surface area contributed by atoms with Gasteiger partial charge in [-0.25, -0.2) is 9.59 Å². The summed E-state index contributed by atoms with van der Waals surface area (Å²) in [6.45, 7) is 3.47. The molecule has 0 radical (unpaired) electrons. The van der Waals surface area contributed by atoms with E-state index in [0.717, 1.165) is 16.9 Å². The number of ether oxygens (including phenoxy) is 2. The molecule has 0 saturated carbocycles. The van der Waals surface area contributed by atoms with Gasteiger partial charge in [-0.1, -0.05) is 29.8 Å². The minimum Gasteiger partial charge on any atom is -0.465 e. The molecule has 0 aliphatic rings. The fraction of sp³-hybridized carbons (Fsp3) is 0.316. The standard InChI is InChI=1S/C19H21ClN2O5S/c1-10-15(18(24)26-3)17(28-16(10)19(25)27-4)22-14(23)9-21-11(2)12-7-5-6-8-13(12)20/h5-8,11,21H,9H2,1-4H3,(H,22,23). The van der Waals surface area contributed by atoms with E-state index in [1.54, 1.807) is 13.0 Å². The molecule has 1 unspecified atom stereocenters. The van der Waals surface area contributed by atoms with Crippen LogP contribution in [0.15, 0.2) is 24.3 Å². The van der Waals surface area contributed by atoms with Gasteiger partial charge in [0.25, 0.3) is 0 Å². The van der Waals surface area contributed by atoms with Gasteiger partial charge in [0.15, 0.2) is 0 Å². The van der Waals surface area contributed by atoms with Gasteiger partial charge >= 0.3 is 11.9 Å². The third-order valence-corrected chi connectivity index (χ3v) is 5.63. The molecule has 0 saturated heterocycles. The van der Waals surface area contributed by atoms with E-state index in [-0.39, 0.29) is 33.9 Å². The summed E-state index contributed by atoms with van der Waals surface area (Å²) in [5, 5.41) is 6.58. The Bertz CT molecular complexity index is 896. The second-order valence-electron chi connectivity index (χ2n) is 5.92. The van der Waals surface area contributed by atoms with Crippen LogP contribution in [0.1, 0.15) is 44.1 Å². The number of thiophene rings is 1. The summed E-state index contributed by atoms with van der Waals surface area (Å²) in [5.41, 5.74) is 1.41. The smallest absolute Gasteiger partial charge is 0.348 e. The average Bonchev–Trinajstić information content (AvgIpc) is 3.01. The number of esters is 2. The molecular weight excluding hydrogens is 404 g/mol. The molecule has 28 heavy (non-hydrogen) atoms. The van der Waals surface area contributed by atoms with E-state index < -0.39 is 11.9 Å². The molecule has 1 heterocycles. The van der Waals surface area contributed by atoms with Gasteiger partial charge < -0.3 is 20.1 Å². The van der Waals surface area contributed by atoms with Crippen LogP contribution in [0.5, 0.6) is 0 Å². The van der Waals surface area contributed by atoms with Crippen molar-refractivity contribution in [2.45, 2.75) is 19.9 Å². The van der Waals surface area contributed by atoms with Gasteiger partial charge in [-0.15, -0.1) is 11.3 Å². The van der Waals surface area contributed by atoms with Crippen molar-refractivity contribution < 1.29 is 23.9 Å². The Morgan fingerprint density at radius 1 is 1.14 bits per heavy atom. The van der Waals surface area contributed by atoms with Crippen molar-refractivity contribution in [2.24, 2.45) is 0 Å². The number of carbonyl (C=O) groups excluding carboxylic acids is 3. The maximum absolute atomic E-state index is 12.4. The van der Waals surface area contributed by atoms with Crippen LogP contribution in [-0.2, 0) is 14.3 Å². The lowest BCUT2D eigenvalue weighted by Gasteiger charge is -2.15. The van der Waals surface area contributed by atoms with Gasteiger partial charge in [0, 0.05) is 11.1 Å². The molecule has 150 valence electrons. The summed E-state index contributed by atoms with van der Waals surface area (Å²) in [4.78, 5) is 36.6. The van der Waals surface area contributed by atoms with Crippen LogP contribution in [0, 0.1) is 6.92 Å². The molecule has 0 aliphatic heterocycles. The first-order valence-corrected chi connectivity index (χ1v) is 9.57. The Morgan fingerprint density at radius 2 is 1.79 bits per heavy atom. The van der Waals surface area contributed by atoms with Crippen molar-refractivity contribution in [1.82, 2.24) is 5.32 Å². The lowest BCUT2D eigenvalue weighted by atomic mass is 10.1. The van der Waals surface area contributed by atoms with Crippen LogP contribution in [0.25, 0.3) is 0 Å². The Labute approximate surface area is 172 Å². The molecule has 2 N–H and O–H groups in total. The summed E-state index contributed by atoms with van der Waals surface area (Å²) in [6.07, 6.45) is 0. The molecule has 0 bridgehead atoms. The van der Waals surface area contributed by atoms with Gasteiger partial charge in [-0.2, -0.15) is 0 Å². The topological polar surface area (TPSA) is 93.7 Å². The molecule has 1 aromatic heterocycles. The lowest BCUT2D eigenvalue weighted by Crippen LogP contribution is -2.30. The van der Waals surface area contributed by atoms with E-state index in [9.17, 15) is 14.4 Å². The van der Waals surface area contributed by atoms with Crippen molar-refractivity contribution in [2.75, 3.05) is 26.1 Å². The van der Waals surface area contributed by atoms with E-state index in [4.69, 9.17) is 21.1 Å². The third kappa shape index (κ3) is 4.89. The molecule has 0 fully saturated rings. The lowest BCUT2D eigenvalue weighted by molar-refractivity contribution is -0.115. The number of benzene rings is 1. The van der Waals surface area contributed by atoms with E-state index in [0.29, 0.717) is 10.6 Å². The van der Waals surface area contributed by atoms with Crippen LogP contribution < -0.4 is 10.6 Å². The highest BCUT2D eigenvalue weighted by molar-refractivity contribution is 7.18. The van der Waals surface area contributed by atoms with Crippen molar-refractivity contribution >= 4 is 45.8 Å². The number of rotatable bonds is 7. The molecular formula is C19H21ClN2O5S. The van der Waals surface area contributed by atoms with Crippen LogP contribution >= 0.6 is 22.9 Å². The van der Waals surface area contributed by atoms with Crippen molar-refractivity contribution in [3.63, 3.8) is 0 Å². The number of carbonyl (C=O) groups is 3. The molecule has 2 rings (SSSR count). The molecule has 9 heteroatoms. The average molecular weight is 425 g/mol. The summed E-state index contributed by atoms with van der Waals surface area (Å²) in [7, 11) is 2.48. The van der Waals surface area contributed by atoms with Gasteiger partial charge in [-0.05, 0) is 31.0 Å². The van der Waals surface area contributed by atoms with Gasteiger partial charge in [0.05, 0.1) is 26.3 Å². The number of methoxy groups -OCH3 is 2. The maximum Gasteiger partial charge on any atom is 0.348 e. The largest absolute Gasteiger partial charge is 0.465 e. The Morgan fingerprint density at radius 3 is 2.39 bits per heavy atom. The highest BCUT2D eigenvalue weighted by Gasteiger charge is 2.26. The monoisotopic (exact) mass is 424 g/mol. The first-order valence-electron chi connectivity index (χ1n) is 8.37. The number of amides is 1. The maximum atomic E-state index is 12.4. The molecule has 2 aromatic rings. The van der Waals surface area contributed by atoms with Crippen molar-refractivity contribution in [3.05, 3.63) is 50.9 Å². The van der Waals surface area contributed by atoms with Crippen molar-refractivity contribution in [1.29, 1.82) is 0 Å². The van der Waals surface area contributed by atoms with E-state index >= 15 is 0 Å². The van der Waals surface area contributed by atoms with Crippen LogP contribution in [0.3, 0.4) is 0 Å². The highest BCUT2D eigenvalue weighted by atomic mass is 35.5. The first kappa shape index (κ1) is 21.9. The van der Waals surface area contributed by atoms with E-state index in [1.807, 2.05) is 25.1 Å². The minimum absolute atomic E-state index is 0.0164. The second kappa shape index (κ2) is 9.68. The highest BCUT2D eigenvalue weighted by Crippen LogP contribution is 2.34. The molecule has 0 aliphatic carbocycles. The Hall–Kier alpha value is -2.42. The van der Waals surface area contributed by atoms with Gasteiger partial charge in [0.1, 0.15) is 9.88 Å². The summed E-state index contributed by atoms with van der Waals surface area (Å²) < 4.78 is 9.49. The first-order chi connectivity index (χ1) is 13.3. The number of hydrogen-bond acceptors (Lipinski definition) is 7. The fourth-order valence-electron chi connectivity index (χ4n) is 2.59. The zero-order valence-corrected chi connectivity index (χ0v) is 17.5. The Balaban J connectivity index is 2.13. The number of anilines is 1. The molecule has 1 amide bonds. The zero-order chi connectivity index (χ0) is 20.8. The quantitative estimate of drug-likeness (QED) is 0.660. The van der Waals surface area contributed by atoms with Crippen molar-refractivity contribution in [3.8, 4) is 0 Å². The number of halogens is 1. The molecule has 1 aromatic carbocycles.